The number of rotatable bonds is 3. The van der Waals surface area contributed by atoms with E-state index in [0.29, 0.717) is 17.9 Å². The summed E-state index contributed by atoms with van der Waals surface area (Å²) < 4.78 is 37.7. The highest BCUT2D eigenvalue weighted by molar-refractivity contribution is 7.07. The summed E-state index contributed by atoms with van der Waals surface area (Å²) in [4.78, 5) is 26.4. The highest BCUT2D eigenvalue weighted by atomic mass is 32.1. The van der Waals surface area contributed by atoms with Gasteiger partial charge in [0, 0.05) is 51.2 Å². The Morgan fingerprint density at radius 3 is 2.50 bits per heavy atom. The van der Waals surface area contributed by atoms with Crippen molar-refractivity contribution in [1.82, 2.24) is 9.80 Å². The Bertz CT molecular complexity index is 707. The van der Waals surface area contributed by atoms with Crippen LogP contribution in [0, 0.1) is 11.8 Å². The number of piperidine rings is 1. The second kappa shape index (κ2) is 10.1. The number of hydrogen-bond acceptors (Lipinski definition) is 5. The van der Waals surface area contributed by atoms with Crippen LogP contribution in [-0.2, 0) is 20.9 Å². The number of thiophene rings is 1. The third-order valence-corrected chi connectivity index (χ3v) is 6.65. The summed E-state index contributed by atoms with van der Waals surface area (Å²) in [5.41, 5.74) is 1.40. The number of ether oxygens (including phenoxy) is 1. The summed E-state index contributed by atoms with van der Waals surface area (Å²) in [6, 6.07) is 2.21. The lowest BCUT2D eigenvalue weighted by Gasteiger charge is -2.45. The average molecular weight is 449 g/mol. The molecule has 0 saturated carbocycles. The molecule has 3 fully saturated rings. The van der Waals surface area contributed by atoms with E-state index in [1.807, 2.05) is 0 Å². The van der Waals surface area contributed by atoms with Crippen molar-refractivity contribution in [3.8, 4) is 0 Å². The summed E-state index contributed by atoms with van der Waals surface area (Å²) in [5.74, 6) is -1.80. The van der Waals surface area contributed by atoms with Crippen LogP contribution in [0.2, 0.25) is 0 Å². The second-order valence-electron chi connectivity index (χ2n) is 7.96. The van der Waals surface area contributed by atoms with Crippen LogP contribution in [0.25, 0.3) is 0 Å². The van der Waals surface area contributed by atoms with Crippen LogP contribution >= 0.6 is 11.3 Å². The monoisotopic (exact) mass is 448 g/mol. The highest BCUT2D eigenvalue weighted by Gasteiger charge is 2.43. The normalized spacial score (nSPS) is 27.2. The fourth-order valence-corrected chi connectivity index (χ4v) is 5.11. The molecule has 1 aromatic heterocycles. The number of carbonyl (C=O) groups excluding carboxylic acids is 1. The van der Waals surface area contributed by atoms with Crippen LogP contribution in [-0.4, -0.2) is 71.8 Å². The second-order valence-corrected chi connectivity index (χ2v) is 8.74. The molecule has 0 unspecified atom stereocenters. The van der Waals surface area contributed by atoms with Crippen LogP contribution < -0.4 is 0 Å². The molecule has 0 aliphatic carbocycles. The molecule has 6 nitrogen and oxygen atoms in total. The third-order valence-electron chi connectivity index (χ3n) is 5.92. The number of carboxylic acids is 1. The lowest BCUT2D eigenvalue weighted by molar-refractivity contribution is -0.192. The Morgan fingerprint density at radius 2 is 1.90 bits per heavy atom. The molecule has 168 valence electrons. The first-order valence-electron chi connectivity index (χ1n) is 10.2. The fourth-order valence-electron chi connectivity index (χ4n) is 4.45. The lowest BCUT2D eigenvalue weighted by Crippen LogP contribution is -2.53. The van der Waals surface area contributed by atoms with Crippen molar-refractivity contribution in [2.45, 2.75) is 44.5 Å². The predicted molar refractivity (Wildman–Crippen MR) is 105 cm³/mol. The van der Waals surface area contributed by atoms with Crippen LogP contribution in [0.1, 0.15) is 31.2 Å². The topological polar surface area (TPSA) is 70.1 Å². The molecule has 10 heteroatoms. The summed E-state index contributed by atoms with van der Waals surface area (Å²) in [5, 5.41) is 11.5. The molecule has 0 radical (unpaired) electrons. The van der Waals surface area contributed by atoms with Crippen molar-refractivity contribution in [2.75, 3.05) is 32.8 Å². The molecule has 1 N–H and O–H groups in total. The summed E-state index contributed by atoms with van der Waals surface area (Å²) in [7, 11) is 0. The van der Waals surface area contributed by atoms with E-state index in [0.717, 1.165) is 52.2 Å². The van der Waals surface area contributed by atoms with Gasteiger partial charge in [-0.1, -0.05) is 0 Å². The Hall–Kier alpha value is -1.65. The maximum atomic E-state index is 12.9. The van der Waals surface area contributed by atoms with Gasteiger partial charge >= 0.3 is 12.1 Å². The predicted octanol–water partition coefficient (Wildman–Crippen LogP) is 3.23. The maximum absolute atomic E-state index is 12.9. The van der Waals surface area contributed by atoms with E-state index in [2.05, 4.69) is 26.6 Å². The molecule has 3 saturated heterocycles. The molecular formula is C20H27F3N2O4S. The zero-order chi connectivity index (χ0) is 21.7. The molecule has 3 atom stereocenters. The van der Waals surface area contributed by atoms with Gasteiger partial charge < -0.3 is 14.7 Å². The maximum Gasteiger partial charge on any atom is 0.490 e. The van der Waals surface area contributed by atoms with Crippen molar-refractivity contribution in [3.63, 3.8) is 0 Å². The van der Waals surface area contributed by atoms with E-state index in [1.54, 1.807) is 11.3 Å². The van der Waals surface area contributed by atoms with Gasteiger partial charge in [0.1, 0.15) is 0 Å². The van der Waals surface area contributed by atoms with E-state index in [-0.39, 0.29) is 5.92 Å². The largest absolute Gasteiger partial charge is 0.490 e. The molecule has 1 amide bonds. The van der Waals surface area contributed by atoms with Crippen LogP contribution in [0.4, 0.5) is 13.2 Å². The smallest absolute Gasteiger partial charge is 0.475 e. The minimum absolute atomic E-state index is 0.178. The summed E-state index contributed by atoms with van der Waals surface area (Å²) in [6.45, 7) is 5.79. The Kier molecular flexibility index (Phi) is 7.75. The minimum atomic E-state index is -5.08. The SMILES string of the molecule is O=C(O)C(F)(F)F.O=C([C@@H]1CCO[C@@H]2CCN(Cc3ccsc3)C[C@@H]21)N1CCCC1. The quantitative estimate of drug-likeness (QED) is 0.769. The molecule has 4 rings (SSSR count). The first-order chi connectivity index (χ1) is 14.3. The van der Waals surface area contributed by atoms with Gasteiger partial charge in [0.25, 0.3) is 0 Å². The van der Waals surface area contributed by atoms with Crippen LogP contribution in [0.15, 0.2) is 16.8 Å². The van der Waals surface area contributed by atoms with Crippen LogP contribution in [0.3, 0.4) is 0 Å². The molecule has 0 spiro atoms. The lowest BCUT2D eigenvalue weighted by atomic mass is 9.78. The zero-order valence-corrected chi connectivity index (χ0v) is 17.5. The molecule has 3 aliphatic heterocycles. The van der Waals surface area contributed by atoms with Crippen molar-refractivity contribution >= 4 is 23.2 Å². The van der Waals surface area contributed by atoms with Crippen molar-refractivity contribution in [1.29, 1.82) is 0 Å². The van der Waals surface area contributed by atoms with Crippen molar-refractivity contribution < 1.29 is 32.6 Å². The molecule has 1 aromatic rings. The Morgan fingerprint density at radius 1 is 1.20 bits per heavy atom. The zero-order valence-electron chi connectivity index (χ0n) is 16.6. The van der Waals surface area contributed by atoms with Gasteiger partial charge in [0.2, 0.25) is 5.91 Å². The van der Waals surface area contributed by atoms with Gasteiger partial charge in [-0.25, -0.2) is 4.79 Å². The average Bonchev–Trinajstić information content (AvgIpc) is 3.41. The Labute approximate surface area is 177 Å². The molecular weight excluding hydrogens is 421 g/mol. The summed E-state index contributed by atoms with van der Waals surface area (Å²) >= 11 is 1.76. The number of carbonyl (C=O) groups is 2. The van der Waals surface area contributed by atoms with E-state index >= 15 is 0 Å². The number of halogens is 3. The first-order valence-corrected chi connectivity index (χ1v) is 11.1. The first kappa shape index (κ1) is 23.0. The number of carboxylic acid groups (broad SMARTS) is 1. The van der Waals surface area contributed by atoms with Crippen molar-refractivity contribution in [3.05, 3.63) is 22.4 Å². The van der Waals surface area contributed by atoms with E-state index < -0.39 is 12.1 Å². The van der Waals surface area contributed by atoms with Crippen molar-refractivity contribution in [2.24, 2.45) is 11.8 Å². The number of fused-ring (bicyclic) bond motifs is 1. The van der Waals surface area contributed by atoms with Crippen LogP contribution in [0.5, 0.6) is 0 Å². The summed E-state index contributed by atoms with van der Waals surface area (Å²) in [6.07, 6.45) is -0.471. The molecule has 0 aromatic carbocycles. The molecule has 4 heterocycles. The van der Waals surface area contributed by atoms with E-state index in [4.69, 9.17) is 14.6 Å². The van der Waals surface area contributed by atoms with Gasteiger partial charge in [-0.3, -0.25) is 9.69 Å². The Balaban J connectivity index is 0.000000318. The standard InChI is InChI=1S/C18H26N2O2S.C2HF3O2/c21-18(20-6-1-2-7-20)15-4-9-22-17-3-8-19(12-16(15)17)11-14-5-10-23-13-14;3-2(4,5)1(6)7/h5,10,13,15-17H,1-4,6-9,11-12H2;(H,6,7)/t15-,16-,17-;/m1./s1. The van der Waals surface area contributed by atoms with Gasteiger partial charge in [-0.15, -0.1) is 0 Å². The fraction of sp³-hybridized carbons (Fsp3) is 0.700. The number of likely N-dealkylation sites (tertiary alicyclic amines) is 2. The van der Waals surface area contributed by atoms with Gasteiger partial charge in [0.05, 0.1) is 6.10 Å². The third kappa shape index (κ3) is 5.95. The number of alkyl halides is 3. The van der Waals surface area contributed by atoms with E-state index in [1.165, 1.54) is 18.4 Å². The van der Waals surface area contributed by atoms with E-state index in [9.17, 15) is 18.0 Å². The van der Waals surface area contributed by atoms with Gasteiger partial charge in [0.15, 0.2) is 0 Å². The van der Waals surface area contributed by atoms with Gasteiger partial charge in [-0.05, 0) is 48.1 Å². The minimum Gasteiger partial charge on any atom is -0.475 e. The number of nitrogens with zero attached hydrogens (tertiary/aromatic N) is 2. The van der Waals surface area contributed by atoms with Gasteiger partial charge in [-0.2, -0.15) is 24.5 Å². The molecule has 30 heavy (non-hydrogen) atoms. The molecule has 0 bridgehead atoms. The number of aliphatic carboxylic acids is 1. The molecule has 3 aliphatic rings. The number of amides is 1. The number of hydrogen-bond donors (Lipinski definition) is 1. The highest BCUT2D eigenvalue weighted by Crippen LogP contribution is 2.35.